The molecule has 224 valence electrons. The maximum atomic E-state index is 10.6. The van der Waals surface area contributed by atoms with E-state index < -0.39 is 11.7 Å². The summed E-state index contributed by atoms with van der Waals surface area (Å²) in [4.78, 5) is 0. The summed E-state index contributed by atoms with van der Waals surface area (Å²) < 4.78 is 6.35. The van der Waals surface area contributed by atoms with Crippen LogP contribution in [0, 0.1) is 24.2 Å². The predicted molar refractivity (Wildman–Crippen MR) is 165 cm³/mol. The summed E-state index contributed by atoms with van der Waals surface area (Å²) >= 11 is 0. The zero-order valence-corrected chi connectivity index (χ0v) is 26.5. The van der Waals surface area contributed by atoms with Gasteiger partial charge in [-0.1, -0.05) is 98.3 Å². The Hall–Kier alpha value is -0.800. The van der Waals surface area contributed by atoms with Gasteiger partial charge in [-0.3, -0.25) is 0 Å². The summed E-state index contributed by atoms with van der Waals surface area (Å²) in [5, 5.41) is 21.2. The molecule has 0 saturated heterocycles. The van der Waals surface area contributed by atoms with E-state index in [1.165, 1.54) is 68.9 Å². The average molecular weight is 534 g/mol. The lowest BCUT2D eigenvalue weighted by molar-refractivity contribution is 0.0364. The highest BCUT2D eigenvalue weighted by Gasteiger charge is 2.26. The molecule has 5 atom stereocenters. The highest BCUT2D eigenvalue weighted by molar-refractivity contribution is 5.37. The van der Waals surface area contributed by atoms with Gasteiger partial charge in [0.25, 0.3) is 0 Å². The minimum absolute atomic E-state index is 0.135. The van der Waals surface area contributed by atoms with Crippen molar-refractivity contribution in [2.45, 2.75) is 169 Å². The number of aliphatic hydroxyl groups is 2. The second-order valence-electron chi connectivity index (χ2n) is 13.0. The Morgan fingerprint density at radius 1 is 0.921 bits per heavy atom. The Morgan fingerprint density at radius 2 is 1.53 bits per heavy atom. The molecule has 0 aliphatic heterocycles. The quantitative estimate of drug-likeness (QED) is 0.101. The molecule has 2 N–H and O–H groups in total. The Morgan fingerprint density at radius 3 is 2.21 bits per heavy atom. The molecule has 0 aromatic heterocycles. The number of rotatable bonds is 23. The average Bonchev–Trinajstić information content (AvgIpc) is 2.86. The zero-order chi connectivity index (χ0) is 28.4. The number of allylic oxidation sites excluding steroid dienone is 1. The van der Waals surface area contributed by atoms with Gasteiger partial charge in [-0.05, 0) is 75.0 Å². The second-order valence-corrected chi connectivity index (χ2v) is 13.0. The van der Waals surface area contributed by atoms with E-state index in [9.17, 15) is 10.2 Å². The largest absolute Gasteiger partial charge is 0.493 e. The molecular weight excluding hydrogens is 468 g/mol. The fourth-order valence-electron chi connectivity index (χ4n) is 5.75. The van der Waals surface area contributed by atoms with Gasteiger partial charge in [0.05, 0.1) is 18.3 Å². The van der Waals surface area contributed by atoms with Crippen molar-refractivity contribution in [2.75, 3.05) is 6.61 Å². The van der Waals surface area contributed by atoms with E-state index in [0.29, 0.717) is 5.92 Å². The molecule has 0 aromatic carbocycles. The highest BCUT2D eigenvalue weighted by atomic mass is 16.5. The van der Waals surface area contributed by atoms with E-state index in [0.717, 1.165) is 69.7 Å². The normalized spacial score (nSPS) is 21.2. The summed E-state index contributed by atoms with van der Waals surface area (Å²) in [5.41, 5.74) is 1.94. The van der Waals surface area contributed by atoms with Crippen molar-refractivity contribution in [1.29, 1.82) is 0 Å². The summed E-state index contributed by atoms with van der Waals surface area (Å²) in [6, 6.07) is 0. The van der Waals surface area contributed by atoms with Crippen LogP contribution >= 0.6 is 0 Å². The van der Waals surface area contributed by atoms with E-state index in [-0.39, 0.29) is 5.92 Å². The zero-order valence-electron chi connectivity index (χ0n) is 26.5. The fraction of sp³-hybridized carbons (Fsp3) is 0.857. The Bertz CT molecular complexity index is 662. The van der Waals surface area contributed by atoms with Crippen LogP contribution < -0.4 is 0 Å². The topological polar surface area (TPSA) is 49.7 Å². The van der Waals surface area contributed by atoms with Crippen molar-refractivity contribution in [1.82, 2.24) is 0 Å². The smallest absolute Gasteiger partial charge is 0.121 e. The fourth-order valence-corrected chi connectivity index (χ4v) is 5.75. The summed E-state index contributed by atoms with van der Waals surface area (Å²) in [7, 11) is 0. The highest BCUT2D eigenvalue weighted by Crippen LogP contribution is 2.34. The third-order valence-electron chi connectivity index (χ3n) is 8.88. The van der Waals surface area contributed by atoms with Crippen LogP contribution in [-0.2, 0) is 4.74 Å². The van der Waals surface area contributed by atoms with E-state index >= 15 is 0 Å². The van der Waals surface area contributed by atoms with Crippen LogP contribution in [-0.4, -0.2) is 28.5 Å². The molecular formula is C35H65O3-. The second kappa shape index (κ2) is 20.1. The monoisotopic (exact) mass is 533 g/mol. The van der Waals surface area contributed by atoms with Gasteiger partial charge in [0.1, 0.15) is 5.76 Å². The maximum absolute atomic E-state index is 10.6. The van der Waals surface area contributed by atoms with Crippen molar-refractivity contribution in [3.05, 3.63) is 29.4 Å². The number of unbranched alkanes of at least 4 members (excludes halogenated alkanes) is 7. The Balaban J connectivity index is 2.35. The van der Waals surface area contributed by atoms with E-state index in [4.69, 9.17) is 4.74 Å². The Kier molecular flexibility index (Phi) is 18.7. The molecule has 0 bridgehead atoms. The molecule has 0 heterocycles. The van der Waals surface area contributed by atoms with Crippen molar-refractivity contribution < 1.29 is 14.9 Å². The molecule has 0 aromatic rings. The van der Waals surface area contributed by atoms with Crippen LogP contribution in [0.4, 0.5) is 0 Å². The molecule has 0 saturated carbocycles. The first-order valence-corrected chi connectivity index (χ1v) is 16.3. The van der Waals surface area contributed by atoms with Gasteiger partial charge >= 0.3 is 0 Å². The molecule has 0 radical (unpaired) electrons. The molecule has 3 heteroatoms. The number of ether oxygens (including phenoxy) is 1. The minimum Gasteiger partial charge on any atom is -0.493 e. The van der Waals surface area contributed by atoms with Gasteiger partial charge in [-0.2, -0.15) is 13.3 Å². The lowest BCUT2D eigenvalue weighted by Gasteiger charge is -2.29. The lowest BCUT2D eigenvalue weighted by atomic mass is 9.84. The SMILES string of the molecule is C[CH-]CCCC(C)(O)CCCC(C)CCCC(C)CCC1=CC(O)C(C)C(C)=C1OCCCCCCCC. The molecule has 38 heavy (non-hydrogen) atoms. The van der Waals surface area contributed by atoms with Crippen molar-refractivity contribution in [2.24, 2.45) is 17.8 Å². The molecule has 0 spiro atoms. The van der Waals surface area contributed by atoms with Gasteiger partial charge in [0.2, 0.25) is 0 Å². The molecule has 1 aliphatic carbocycles. The van der Waals surface area contributed by atoms with E-state index in [2.05, 4.69) is 54.0 Å². The van der Waals surface area contributed by atoms with Crippen LogP contribution in [0.15, 0.2) is 23.0 Å². The first kappa shape index (κ1) is 35.2. The third kappa shape index (κ3) is 15.1. The van der Waals surface area contributed by atoms with E-state index in [1.54, 1.807) is 0 Å². The molecule has 3 nitrogen and oxygen atoms in total. The molecule has 0 amide bonds. The molecule has 1 rings (SSSR count). The predicted octanol–water partition coefficient (Wildman–Crippen LogP) is 10.1. The van der Waals surface area contributed by atoms with Gasteiger partial charge < -0.3 is 21.4 Å². The number of hydrogen-bond acceptors (Lipinski definition) is 3. The van der Waals surface area contributed by atoms with Crippen LogP contribution in [0.5, 0.6) is 0 Å². The third-order valence-corrected chi connectivity index (χ3v) is 8.88. The van der Waals surface area contributed by atoms with E-state index in [1.807, 2.05) is 6.92 Å². The van der Waals surface area contributed by atoms with Gasteiger partial charge in [0, 0.05) is 5.92 Å². The molecule has 5 unspecified atom stereocenters. The van der Waals surface area contributed by atoms with Crippen molar-refractivity contribution in [3.8, 4) is 0 Å². The summed E-state index contributed by atoms with van der Waals surface area (Å²) in [6.07, 6.45) is 23.8. The molecule has 1 aliphatic rings. The first-order chi connectivity index (χ1) is 18.1. The number of hydrogen-bond donors (Lipinski definition) is 2. The number of aliphatic hydroxyl groups excluding tert-OH is 1. The van der Waals surface area contributed by atoms with Gasteiger partial charge in [-0.25, -0.2) is 0 Å². The van der Waals surface area contributed by atoms with Crippen LogP contribution in [0.2, 0.25) is 0 Å². The lowest BCUT2D eigenvalue weighted by Crippen LogP contribution is -2.24. The summed E-state index contributed by atoms with van der Waals surface area (Å²) in [6.45, 7) is 16.2. The van der Waals surface area contributed by atoms with Crippen LogP contribution in [0.1, 0.15) is 158 Å². The summed E-state index contributed by atoms with van der Waals surface area (Å²) in [5.74, 6) is 2.61. The van der Waals surface area contributed by atoms with Gasteiger partial charge in [0.15, 0.2) is 0 Å². The maximum Gasteiger partial charge on any atom is 0.121 e. The van der Waals surface area contributed by atoms with Gasteiger partial charge in [-0.15, -0.1) is 0 Å². The first-order valence-electron chi connectivity index (χ1n) is 16.3. The van der Waals surface area contributed by atoms with Crippen LogP contribution in [0.25, 0.3) is 0 Å². The van der Waals surface area contributed by atoms with Crippen LogP contribution in [0.3, 0.4) is 0 Å². The molecule has 0 fully saturated rings. The Labute approximate surface area is 237 Å². The minimum atomic E-state index is -0.500. The van der Waals surface area contributed by atoms with Crippen molar-refractivity contribution in [3.63, 3.8) is 0 Å². The standard InChI is InChI=1S/C35H65O3/c1-8-10-12-13-14-16-26-38-34-31(6)30(5)33(36)27-32(34)23-22-29(4)20-17-19-28(3)21-18-25-35(7,37)24-15-11-9-2/h9,27-30,33,36-37H,8,10-26H2,1-7H3/q-1. The van der Waals surface area contributed by atoms with Crippen molar-refractivity contribution >= 4 is 0 Å².